The van der Waals surface area contributed by atoms with Gasteiger partial charge in [0.1, 0.15) is 17.4 Å². The first-order chi connectivity index (χ1) is 9.16. The Labute approximate surface area is 115 Å². The number of rotatable bonds is 5. The normalized spacial score (nSPS) is 10.4. The zero-order valence-corrected chi connectivity index (χ0v) is 11.0. The van der Waals surface area contributed by atoms with Crippen LogP contribution >= 0.6 is 11.8 Å². The molecule has 0 amide bonds. The van der Waals surface area contributed by atoms with Crippen LogP contribution in [-0.2, 0) is 11.2 Å². The molecule has 1 aromatic heterocycles. The van der Waals surface area contributed by atoms with Gasteiger partial charge >= 0.3 is 0 Å². The zero-order chi connectivity index (χ0) is 13.7. The van der Waals surface area contributed by atoms with Crippen molar-refractivity contribution in [2.75, 3.05) is 11.5 Å². The van der Waals surface area contributed by atoms with Crippen LogP contribution in [0.3, 0.4) is 0 Å². The first-order valence-electron chi connectivity index (χ1n) is 5.75. The SMILES string of the molecule is Nc1ncccc1CC(=O)CSc1ccccc1F. The number of nitrogen functional groups attached to an aromatic ring is 1. The van der Waals surface area contributed by atoms with Crippen molar-refractivity contribution in [3.05, 3.63) is 54.0 Å². The molecule has 0 saturated heterocycles. The monoisotopic (exact) mass is 276 g/mol. The Morgan fingerprint density at radius 2 is 2.05 bits per heavy atom. The number of halogens is 1. The van der Waals surface area contributed by atoms with Gasteiger partial charge in [-0.15, -0.1) is 11.8 Å². The van der Waals surface area contributed by atoms with Gasteiger partial charge in [0.15, 0.2) is 0 Å². The fourth-order valence-corrected chi connectivity index (χ4v) is 2.38. The van der Waals surface area contributed by atoms with Crippen LogP contribution in [-0.4, -0.2) is 16.5 Å². The molecule has 5 heteroatoms. The molecule has 1 heterocycles. The molecule has 19 heavy (non-hydrogen) atoms. The zero-order valence-electron chi connectivity index (χ0n) is 10.2. The second-order valence-corrected chi connectivity index (χ2v) is 5.00. The topological polar surface area (TPSA) is 56.0 Å². The maximum Gasteiger partial charge on any atom is 0.147 e. The number of aromatic nitrogens is 1. The van der Waals surface area contributed by atoms with E-state index in [0.29, 0.717) is 16.3 Å². The van der Waals surface area contributed by atoms with Crippen LogP contribution in [0.25, 0.3) is 0 Å². The van der Waals surface area contributed by atoms with E-state index in [1.807, 2.05) is 0 Å². The first kappa shape index (κ1) is 13.5. The number of carbonyl (C=O) groups excluding carboxylic acids is 1. The molecule has 0 spiro atoms. The Bertz CT molecular complexity index is 589. The van der Waals surface area contributed by atoms with E-state index in [1.54, 1.807) is 36.5 Å². The third-order valence-corrected chi connectivity index (χ3v) is 3.65. The molecule has 0 fully saturated rings. The van der Waals surface area contributed by atoms with Crippen molar-refractivity contribution in [1.29, 1.82) is 0 Å². The molecule has 0 radical (unpaired) electrons. The molecule has 0 aliphatic heterocycles. The van der Waals surface area contributed by atoms with Crippen molar-refractivity contribution in [2.45, 2.75) is 11.3 Å². The Morgan fingerprint density at radius 1 is 1.26 bits per heavy atom. The lowest BCUT2D eigenvalue weighted by atomic mass is 10.1. The fourth-order valence-electron chi connectivity index (χ4n) is 1.58. The highest BCUT2D eigenvalue weighted by atomic mass is 32.2. The average molecular weight is 276 g/mol. The molecule has 2 N–H and O–H groups in total. The molecule has 0 bridgehead atoms. The van der Waals surface area contributed by atoms with Crippen molar-refractivity contribution in [2.24, 2.45) is 0 Å². The Balaban J connectivity index is 1.92. The minimum Gasteiger partial charge on any atom is -0.383 e. The summed E-state index contributed by atoms with van der Waals surface area (Å²) < 4.78 is 13.4. The van der Waals surface area contributed by atoms with Gasteiger partial charge in [-0.25, -0.2) is 9.37 Å². The van der Waals surface area contributed by atoms with Gasteiger partial charge < -0.3 is 5.73 Å². The summed E-state index contributed by atoms with van der Waals surface area (Å²) in [4.78, 5) is 16.2. The van der Waals surface area contributed by atoms with Crippen LogP contribution in [0, 0.1) is 5.82 Å². The molecule has 2 aromatic rings. The lowest BCUT2D eigenvalue weighted by molar-refractivity contribution is -0.116. The van der Waals surface area contributed by atoms with Crippen LogP contribution in [0.4, 0.5) is 10.2 Å². The lowest BCUT2D eigenvalue weighted by Gasteiger charge is -2.04. The van der Waals surface area contributed by atoms with Gasteiger partial charge in [-0.1, -0.05) is 18.2 Å². The Hall–Kier alpha value is -1.88. The summed E-state index contributed by atoms with van der Waals surface area (Å²) in [5, 5.41) is 0. The highest BCUT2D eigenvalue weighted by Gasteiger charge is 2.09. The van der Waals surface area contributed by atoms with E-state index >= 15 is 0 Å². The Morgan fingerprint density at radius 3 is 2.79 bits per heavy atom. The predicted molar refractivity (Wildman–Crippen MR) is 74.5 cm³/mol. The van der Waals surface area contributed by atoms with Gasteiger partial charge in [0.2, 0.25) is 0 Å². The van der Waals surface area contributed by atoms with Crippen molar-refractivity contribution < 1.29 is 9.18 Å². The van der Waals surface area contributed by atoms with Gasteiger partial charge in [0, 0.05) is 23.1 Å². The van der Waals surface area contributed by atoms with Gasteiger partial charge in [0.25, 0.3) is 0 Å². The number of hydrogen-bond donors (Lipinski definition) is 1. The van der Waals surface area contributed by atoms with E-state index in [0.717, 1.165) is 0 Å². The van der Waals surface area contributed by atoms with Gasteiger partial charge in [-0.2, -0.15) is 0 Å². The summed E-state index contributed by atoms with van der Waals surface area (Å²) in [6, 6.07) is 9.92. The molecule has 0 aliphatic rings. The molecular formula is C14H13FN2OS. The number of Topliss-reactive ketones (excluding diaryl/α,β-unsaturated/α-hetero) is 1. The number of nitrogens with zero attached hydrogens (tertiary/aromatic N) is 1. The first-order valence-corrected chi connectivity index (χ1v) is 6.74. The lowest BCUT2D eigenvalue weighted by Crippen LogP contribution is -2.08. The number of carbonyl (C=O) groups is 1. The summed E-state index contributed by atoms with van der Waals surface area (Å²) in [6.45, 7) is 0. The van der Waals surface area contributed by atoms with E-state index in [-0.39, 0.29) is 23.8 Å². The van der Waals surface area contributed by atoms with E-state index in [4.69, 9.17) is 5.73 Å². The van der Waals surface area contributed by atoms with Crippen molar-refractivity contribution in [3.8, 4) is 0 Å². The summed E-state index contributed by atoms with van der Waals surface area (Å²) in [5.74, 6) is 0.274. The predicted octanol–water partition coefficient (Wildman–Crippen LogP) is 2.71. The summed E-state index contributed by atoms with van der Waals surface area (Å²) in [5.41, 5.74) is 6.38. The number of nitrogens with two attached hydrogens (primary N) is 1. The maximum atomic E-state index is 13.4. The molecule has 98 valence electrons. The second-order valence-electron chi connectivity index (χ2n) is 3.98. The fraction of sp³-hybridized carbons (Fsp3) is 0.143. The van der Waals surface area contributed by atoms with Crippen LogP contribution in [0.5, 0.6) is 0 Å². The number of ketones is 1. The minimum atomic E-state index is -0.304. The smallest absolute Gasteiger partial charge is 0.147 e. The molecule has 3 nitrogen and oxygen atoms in total. The van der Waals surface area contributed by atoms with Crippen LogP contribution < -0.4 is 5.73 Å². The number of anilines is 1. The van der Waals surface area contributed by atoms with Crippen molar-refractivity contribution >= 4 is 23.4 Å². The Kier molecular flexibility index (Phi) is 4.52. The van der Waals surface area contributed by atoms with Crippen molar-refractivity contribution in [1.82, 2.24) is 4.98 Å². The average Bonchev–Trinajstić information content (AvgIpc) is 2.40. The van der Waals surface area contributed by atoms with E-state index in [2.05, 4.69) is 4.98 Å². The van der Waals surface area contributed by atoms with Gasteiger partial charge in [-0.3, -0.25) is 4.79 Å². The molecule has 0 atom stereocenters. The maximum absolute atomic E-state index is 13.4. The van der Waals surface area contributed by atoms with Crippen LogP contribution in [0.2, 0.25) is 0 Å². The molecule has 0 aliphatic carbocycles. The third-order valence-electron chi connectivity index (χ3n) is 2.54. The van der Waals surface area contributed by atoms with Gasteiger partial charge in [0.05, 0.1) is 5.75 Å². The van der Waals surface area contributed by atoms with Crippen molar-refractivity contribution in [3.63, 3.8) is 0 Å². The van der Waals surface area contributed by atoms with Crippen LogP contribution in [0.1, 0.15) is 5.56 Å². The largest absolute Gasteiger partial charge is 0.383 e. The standard InChI is InChI=1S/C14H13FN2OS/c15-12-5-1-2-6-13(12)19-9-11(18)8-10-4-3-7-17-14(10)16/h1-7H,8-9H2,(H2,16,17). The number of hydrogen-bond acceptors (Lipinski definition) is 4. The highest BCUT2D eigenvalue weighted by molar-refractivity contribution is 8.00. The third kappa shape index (κ3) is 3.79. The summed E-state index contributed by atoms with van der Waals surface area (Å²) in [6.07, 6.45) is 1.80. The number of pyridine rings is 1. The number of thioether (sulfide) groups is 1. The van der Waals surface area contributed by atoms with E-state index in [9.17, 15) is 9.18 Å². The molecule has 0 unspecified atom stereocenters. The highest BCUT2D eigenvalue weighted by Crippen LogP contribution is 2.21. The van der Waals surface area contributed by atoms with Gasteiger partial charge in [-0.05, 0) is 18.2 Å². The van der Waals surface area contributed by atoms with E-state index < -0.39 is 0 Å². The van der Waals surface area contributed by atoms with Crippen LogP contribution in [0.15, 0.2) is 47.5 Å². The van der Waals surface area contributed by atoms with E-state index in [1.165, 1.54) is 17.8 Å². The second kappa shape index (κ2) is 6.33. The molecule has 2 rings (SSSR count). The minimum absolute atomic E-state index is 0.00652. The summed E-state index contributed by atoms with van der Waals surface area (Å²) in [7, 11) is 0. The molecule has 0 saturated carbocycles. The molecular weight excluding hydrogens is 263 g/mol. The number of benzene rings is 1. The summed E-state index contributed by atoms with van der Waals surface area (Å²) >= 11 is 1.19. The quantitative estimate of drug-likeness (QED) is 0.853. The molecule has 1 aromatic carbocycles.